The minimum Gasteiger partial charge on any atom is -0.506 e. The number of carbonyl (C=O) groups is 1. The Balaban J connectivity index is 2.27. The monoisotopic (exact) mass is 243 g/mol. The number of nitrogens with one attached hydrogen (secondary N) is 1. The van der Waals surface area contributed by atoms with Gasteiger partial charge in [0.15, 0.2) is 0 Å². The number of phenols is 1. The molecule has 5 heteroatoms. The van der Waals surface area contributed by atoms with Crippen LogP contribution in [-0.2, 0) is 0 Å². The van der Waals surface area contributed by atoms with E-state index in [0.29, 0.717) is 5.69 Å². The van der Waals surface area contributed by atoms with E-state index in [4.69, 9.17) is 5.73 Å². The molecule has 92 valence electrons. The second kappa shape index (κ2) is 4.75. The Morgan fingerprint density at radius 2 is 2.17 bits per heavy atom. The third kappa shape index (κ3) is 2.40. The Bertz CT molecular complexity index is 597. The summed E-state index contributed by atoms with van der Waals surface area (Å²) in [5, 5.41) is 12.2. The number of pyridine rings is 1. The first-order chi connectivity index (χ1) is 8.58. The smallest absolute Gasteiger partial charge is 0.259 e. The van der Waals surface area contributed by atoms with Gasteiger partial charge in [0.25, 0.3) is 5.91 Å². The van der Waals surface area contributed by atoms with Crippen LogP contribution in [0.15, 0.2) is 36.5 Å². The van der Waals surface area contributed by atoms with Crippen molar-refractivity contribution in [1.29, 1.82) is 0 Å². The molecule has 0 aliphatic rings. The highest BCUT2D eigenvalue weighted by Crippen LogP contribution is 2.24. The fraction of sp³-hybridized carbons (Fsp3) is 0.0769. The standard InChI is InChI=1S/C13H13N3O2/c1-8-4-5-11(17)10(7-8)16-13(18)9-3-2-6-15-12(9)14/h2-7,17H,1H3,(H2,14,15)(H,16,18). The van der Waals surface area contributed by atoms with Gasteiger partial charge in [0.1, 0.15) is 11.6 Å². The average molecular weight is 243 g/mol. The van der Waals surface area contributed by atoms with Gasteiger partial charge < -0.3 is 16.2 Å². The zero-order valence-corrected chi connectivity index (χ0v) is 9.84. The van der Waals surface area contributed by atoms with Gasteiger partial charge in [-0.2, -0.15) is 0 Å². The zero-order chi connectivity index (χ0) is 13.1. The molecule has 0 bridgehead atoms. The number of nitrogens with two attached hydrogens (primary N) is 1. The van der Waals surface area contributed by atoms with Crippen molar-refractivity contribution in [2.75, 3.05) is 11.1 Å². The highest BCUT2D eigenvalue weighted by atomic mass is 16.3. The number of aromatic hydroxyl groups is 1. The molecule has 0 saturated heterocycles. The second-order valence-electron chi connectivity index (χ2n) is 3.91. The van der Waals surface area contributed by atoms with Crippen molar-refractivity contribution in [3.05, 3.63) is 47.7 Å². The van der Waals surface area contributed by atoms with E-state index in [2.05, 4.69) is 10.3 Å². The first kappa shape index (κ1) is 11.9. The number of rotatable bonds is 2. The Kier molecular flexibility index (Phi) is 3.14. The molecule has 0 unspecified atom stereocenters. The van der Waals surface area contributed by atoms with Crippen LogP contribution in [0.2, 0.25) is 0 Å². The van der Waals surface area contributed by atoms with Gasteiger partial charge >= 0.3 is 0 Å². The molecule has 0 radical (unpaired) electrons. The van der Waals surface area contributed by atoms with E-state index in [1.165, 1.54) is 12.3 Å². The summed E-state index contributed by atoms with van der Waals surface area (Å²) in [5.74, 6) is -0.236. The highest BCUT2D eigenvalue weighted by Gasteiger charge is 2.12. The Morgan fingerprint density at radius 1 is 1.39 bits per heavy atom. The van der Waals surface area contributed by atoms with Gasteiger partial charge in [-0.25, -0.2) is 4.98 Å². The summed E-state index contributed by atoms with van der Waals surface area (Å²) in [6.45, 7) is 1.87. The van der Waals surface area contributed by atoms with Crippen LogP contribution in [0.25, 0.3) is 0 Å². The van der Waals surface area contributed by atoms with E-state index in [1.807, 2.05) is 6.92 Å². The van der Waals surface area contributed by atoms with Crippen LogP contribution >= 0.6 is 0 Å². The van der Waals surface area contributed by atoms with Gasteiger partial charge in [-0.3, -0.25) is 4.79 Å². The van der Waals surface area contributed by atoms with Crippen LogP contribution in [0.1, 0.15) is 15.9 Å². The predicted molar refractivity (Wildman–Crippen MR) is 69.4 cm³/mol. The molecule has 0 aliphatic carbocycles. The van der Waals surface area contributed by atoms with E-state index in [0.717, 1.165) is 5.56 Å². The van der Waals surface area contributed by atoms with Crippen LogP contribution in [-0.4, -0.2) is 16.0 Å². The van der Waals surface area contributed by atoms with Crippen molar-refractivity contribution >= 4 is 17.4 Å². The van der Waals surface area contributed by atoms with Gasteiger partial charge in [0.2, 0.25) is 0 Å². The van der Waals surface area contributed by atoms with Crippen LogP contribution < -0.4 is 11.1 Å². The molecule has 5 nitrogen and oxygen atoms in total. The molecule has 4 N–H and O–H groups in total. The number of anilines is 2. The maximum absolute atomic E-state index is 12.0. The summed E-state index contributed by atoms with van der Waals surface area (Å²) in [6.07, 6.45) is 1.51. The van der Waals surface area contributed by atoms with Gasteiger partial charge in [0.05, 0.1) is 11.3 Å². The third-order valence-corrected chi connectivity index (χ3v) is 2.48. The minimum absolute atomic E-state index is 0.0106. The molecule has 1 amide bonds. The quantitative estimate of drug-likeness (QED) is 0.703. The van der Waals surface area contributed by atoms with Crippen molar-refractivity contribution in [1.82, 2.24) is 4.98 Å². The molecule has 2 rings (SSSR count). The van der Waals surface area contributed by atoms with Crippen LogP contribution in [0, 0.1) is 6.92 Å². The van der Waals surface area contributed by atoms with Gasteiger partial charge in [0, 0.05) is 6.20 Å². The maximum Gasteiger partial charge on any atom is 0.259 e. The number of aromatic nitrogens is 1. The predicted octanol–water partition coefficient (Wildman–Crippen LogP) is 1.93. The number of carbonyl (C=O) groups excluding carboxylic acids is 1. The summed E-state index contributed by atoms with van der Waals surface area (Å²) in [6, 6.07) is 8.16. The molecule has 1 aromatic heterocycles. The lowest BCUT2D eigenvalue weighted by Crippen LogP contribution is -2.14. The summed E-state index contributed by atoms with van der Waals surface area (Å²) in [7, 11) is 0. The molecule has 1 heterocycles. The fourth-order valence-corrected chi connectivity index (χ4v) is 1.55. The number of phenolic OH excluding ortho intramolecular Hbond substituents is 1. The average Bonchev–Trinajstić information content (AvgIpc) is 2.34. The Morgan fingerprint density at radius 3 is 2.89 bits per heavy atom. The van der Waals surface area contributed by atoms with Crippen molar-refractivity contribution in [2.24, 2.45) is 0 Å². The lowest BCUT2D eigenvalue weighted by molar-refractivity contribution is 0.102. The van der Waals surface area contributed by atoms with Gasteiger partial charge in [-0.15, -0.1) is 0 Å². The number of hydrogen-bond acceptors (Lipinski definition) is 4. The first-order valence-electron chi connectivity index (χ1n) is 5.39. The van der Waals surface area contributed by atoms with Crippen LogP contribution in [0.4, 0.5) is 11.5 Å². The largest absolute Gasteiger partial charge is 0.506 e. The minimum atomic E-state index is -0.401. The van der Waals surface area contributed by atoms with Crippen molar-refractivity contribution in [2.45, 2.75) is 6.92 Å². The number of hydrogen-bond donors (Lipinski definition) is 3. The molecule has 0 atom stereocenters. The molecule has 2 aromatic rings. The van der Waals surface area contributed by atoms with Gasteiger partial charge in [-0.05, 0) is 36.8 Å². The summed E-state index contributed by atoms with van der Waals surface area (Å²) >= 11 is 0. The lowest BCUT2D eigenvalue weighted by atomic mass is 10.2. The normalized spacial score (nSPS) is 10.1. The van der Waals surface area contributed by atoms with E-state index in [-0.39, 0.29) is 17.1 Å². The number of amides is 1. The highest BCUT2D eigenvalue weighted by molar-refractivity contribution is 6.07. The molecule has 0 saturated carbocycles. The second-order valence-corrected chi connectivity index (χ2v) is 3.91. The fourth-order valence-electron chi connectivity index (χ4n) is 1.55. The SMILES string of the molecule is Cc1ccc(O)c(NC(=O)c2cccnc2N)c1. The van der Waals surface area contributed by atoms with E-state index in [1.54, 1.807) is 24.3 Å². The molecule has 18 heavy (non-hydrogen) atoms. The summed E-state index contributed by atoms with van der Waals surface area (Å²) in [5.41, 5.74) is 7.17. The number of benzene rings is 1. The van der Waals surface area contributed by atoms with Gasteiger partial charge in [-0.1, -0.05) is 6.07 Å². The molecule has 0 aliphatic heterocycles. The van der Waals surface area contributed by atoms with Crippen LogP contribution in [0.3, 0.4) is 0 Å². The Hall–Kier alpha value is -2.56. The van der Waals surface area contributed by atoms with E-state index < -0.39 is 5.91 Å². The molecule has 1 aromatic carbocycles. The van der Waals surface area contributed by atoms with Crippen molar-refractivity contribution in [3.8, 4) is 5.75 Å². The zero-order valence-electron chi connectivity index (χ0n) is 9.84. The first-order valence-corrected chi connectivity index (χ1v) is 5.39. The summed E-state index contributed by atoms with van der Waals surface area (Å²) in [4.78, 5) is 15.8. The maximum atomic E-state index is 12.0. The third-order valence-electron chi connectivity index (χ3n) is 2.48. The number of aryl methyl sites for hydroxylation is 1. The van der Waals surface area contributed by atoms with Crippen molar-refractivity contribution < 1.29 is 9.90 Å². The summed E-state index contributed by atoms with van der Waals surface area (Å²) < 4.78 is 0. The number of nitrogens with zero attached hydrogens (tertiary/aromatic N) is 1. The molecule has 0 spiro atoms. The topological polar surface area (TPSA) is 88.2 Å². The van der Waals surface area contributed by atoms with Crippen molar-refractivity contribution in [3.63, 3.8) is 0 Å². The van der Waals surface area contributed by atoms with E-state index >= 15 is 0 Å². The number of nitrogen functional groups attached to an aromatic ring is 1. The molecule has 0 fully saturated rings. The van der Waals surface area contributed by atoms with E-state index in [9.17, 15) is 9.90 Å². The molecular weight excluding hydrogens is 230 g/mol. The lowest BCUT2D eigenvalue weighted by Gasteiger charge is -2.09. The van der Waals surface area contributed by atoms with Crippen LogP contribution in [0.5, 0.6) is 5.75 Å². The Labute approximate surface area is 104 Å². The molecular formula is C13H13N3O2.